The highest BCUT2D eigenvalue weighted by molar-refractivity contribution is 6.07. The minimum Gasteiger partial charge on any atom is -0.459 e. The maximum atomic E-state index is 12.5. The predicted octanol–water partition coefficient (Wildman–Crippen LogP) is 4.12. The number of fused-ring (bicyclic) bond motifs is 3. The zero-order valence-corrected chi connectivity index (χ0v) is 17.2. The molecule has 0 radical (unpaired) electrons. The molecule has 1 aromatic heterocycles. The third-order valence-corrected chi connectivity index (χ3v) is 5.07. The Kier molecular flexibility index (Phi) is 5.54. The first-order chi connectivity index (χ1) is 14.9. The first-order valence-electron chi connectivity index (χ1n) is 9.91. The molecule has 4 aromatic rings. The monoisotopic (exact) mass is 415 g/mol. The van der Waals surface area contributed by atoms with E-state index in [0.717, 1.165) is 21.7 Å². The van der Waals surface area contributed by atoms with Gasteiger partial charge >= 0.3 is 11.6 Å². The summed E-state index contributed by atoms with van der Waals surface area (Å²) in [6, 6.07) is 18.9. The summed E-state index contributed by atoms with van der Waals surface area (Å²) in [6.07, 6.45) is 0. The van der Waals surface area contributed by atoms with Gasteiger partial charge in [0.1, 0.15) is 18.2 Å². The van der Waals surface area contributed by atoms with Crippen LogP contribution in [-0.2, 0) is 16.1 Å². The van der Waals surface area contributed by atoms with E-state index in [2.05, 4.69) is 5.32 Å². The van der Waals surface area contributed by atoms with Crippen molar-refractivity contribution in [3.05, 3.63) is 93.8 Å². The van der Waals surface area contributed by atoms with Gasteiger partial charge in [-0.3, -0.25) is 4.79 Å². The summed E-state index contributed by atoms with van der Waals surface area (Å²) in [5, 5.41) is 5.25. The molecule has 1 atom stereocenters. The molecule has 31 heavy (non-hydrogen) atoms. The van der Waals surface area contributed by atoms with Crippen LogP contribution in [0.15, 0.2) is 75.9 Å². The van der Waals surface area contributed by atoms with Gasteiger partial charge in [-0.2, -0.15) is 0 Å². The van der Waals surface area contributed by atoms with Crippen LogP contribution in [0.2, 0.25) is 0 Å². The molecule has 0 aliphatic rings. The Labute approximate surface area is 178 Å². The number of amides is 1. The molecule has 0 aliphatic carbocycles. The smallest absolute Gasteiger partial charge is 0.336 e. The molecule has 0 fully saturated rings. The van der Waals surface area contributed by atoms with Crippen LogP contribution in [0, 0.1) is 6.92 Å². The molecule has 3 aromatic carbocycles. The molecule has 4 rings (SSSR count). The van der Waals surface area contributed by atoms with E-state index in [0.29, 0.717) is 16.7 Å². The second-order valence-electron chi connectivity index (χ2n) is 7.42. The highest BCUT2D eigenvalue weighted by atomic mass is 16.5. The first kappa shape index (κ1) is 20.3. The summed E-state index contributed by atoms with van der Waals surface area (Å²) < 4.78 is 10.8. The lowest BCUT2D eigenvalue weighted by molar-refractivity contribution is -0.146. The van der Waals surface area contributed by atoms with Gasteiger partial charge in [0.15, 0.2) is 0 Å². The van der Waals surface area contributed by atoms with Crippen molar-refractivity contribution in [2.45, 2.75) is 26.5 Å². The summed E-state index contributed by atoms with van der Waals surface area (Å²) in [7, 11) is 0. The van der Waals surface area contributed by atoms with Gasteiger partial charge in [-0.15, -0.1) is 0 Å². The molecule has 6 nitrogen and oxygen atoms in total. The Morgan fingerprint density at radius 1 is 1.03 bits per heavy atom. The van der Waals surface area contributed by atoms with Crippen LogP contribution in [0.3, 0.4) is 0 Å². The highest BCUT2D eigenvalue weighted by Crippen LogP contribution is 2.27. The zero-order valence-electron chi connectivity index (χ0n) is 17.2. The Balaban J connectivity index is 1.53. The lowest BCUT2D eigenvalue weighted by atomic mass is 10.0. The Morgan fingerprint density at radius 2 is 1.84 bits per heavy atom. The second kappa shape index (κ2) is 8.44. The van der Waals surface area contributed by atoms with Crippen LogP contribution in [0.25, 0.3) is 21.7 Å². The van der Waals surface area contributed by atoms with Crippen molar-refractivity contribution in [1.29, 1.82) is 0 Å². The number of ether oxygens (including phenoxy) is 1. The molecule has 0 spiro atoms. The summed E-state index contributed by atoms with van der Waals surface area (Å²) in [4.78, 5) is 36.9. The van der Waals surface area contributed by atoms with E-state index in [1.165, 1.54) is 6.07 Å². The number of hydrogen-bond donors (Lipinski definition) is 1. The highest BCUT2D eigenvalue weighted by Gasteiger charge is 2.19. The van der Waals surface area contributed by atoms with Crippen molar-refractivity contribution in [1.82, 2.24) is 5.32 Å². The van der Waals surface area contributed by atoms with Gasteiger partial charge in [0, 0.05) is 22.6 Å². The van der Waals surface area contributed by atoms with Crippen LogP contribution in [0.4, 0.5) is 0 Å². The molecule has 1 heterocycles. The second-order valence-corrected chi connectivity index (χ2v) is 7.42. The SMILES string of the molecule is Cc1cccc(C(=O)N[C@@H](C)C(=O)OCc2cc(=O)oc3ccc4ccccc4c23)c1. The molecular weight excluding hydrogens is 394 g/mol. The number of carbonyl (C=O) groups excluding carboxylic acids is 2. The molecule has 0 saturated carbocycles. The van der Waals surface area contributed by atoms with E-state index in [1.54, 1.807) is 31.2 Å². The van der Waals surface area contributed by atoms with Crippen LogP contribution in [0.5, 0.6) is 0 Å². The number of aryl methyl sites for hydroxylation is 1. The largest absolute Gasteiger partial charge is 0.459 e. The van der Waals surface area contributed by atoms with Crippen molar-refractivity contribution in [3.63, 3.8) is 0 Å². The average molecular weight is 415 g/mol. The van der Waals surface area contributed by atoms with Gasteiger partial charge in [-0.1, -0.05) is 48.0 Å². The Hall–Kier alpha value is -3.93. The first-order valence-corrected chi connectivity index (χ1v) is 9.91. The summed E-state index contributed by atoms with van der Waals surface area (Å²) >= 11 is 0. The number of esters is 1. The van der Waals surface area contributed by atoms with Gasteiger partial charge < -0.3 is 14.5 Å². The summed E-state index contributed by atoms with van der Waals surface area (Å²) in [6.45, 7) is 3.33. The number of hydrogen-bond acceptors (Lipinski definition) is 5. The maximum absolute atomic E-state index is 12.5. The number of rotatable bonds is 5. The van der Waals surface area contributed by atoms with Crippen molar-refractivity contribution in [2.24, 2.45) is 0 Å². The topological polar surface area (TPSA) is 85.6 Å². The van der Waals surface area contributed by atoms with Crippen LogP contribution in [-0.4, -0.2) is 17.9 Å². The molecule has 0 aliphatic heterocycles. The quantitative estimate of drug-likeness (QED) is 0.301. The number of carbonyl (C=O) groups is 2. The Bertz CT molecular complexity index is 1360. The van der Waals surface area contributed by atoms with Crippen LogP contribution in [0.1, 0.15) is 28.4 Å². The van der Waals surface area contributed by atoms with E-state index in [4.69, 9.17) is 9.15 Å². The Morgan fingerprint density at radius 3 is 2.65 bits per heavy atom. The van der Waals surface area contributed by atoms with E-state index in [9.17, 15) is 14.4 Å². The van der Waals surface area contributed by atoms with E-state index in [-0.39, 0.29) is 12.5 Å². The maximum Gasteiger partial charge on any atom is 0.336 e. The van der Waals surface area contributed by atoms with Crippen molar-refractivity contribution in [2.75, 3.05) is 0 Å². The predicted molar refractivity (Wildman–Crippen MR) is 118 cm³/mol. The third-order valence-electron chi connectivity index (χ3n) is 5.07. The third kappa shape index (κ3) is 4.33. The minimum absolute atomic E-state index is 0.112. The number of benzene rings is 3. The van der Waals surface area contributed by atoms with Crippen molar-refractivity contribution >= 4 is 33.6 Å². The fraction of sp³-hybridized carbons (Fsp3) is 0.160. The fourth-order valence-electron chi connectivity index (χ4n) is 3.53. The molecule has 6 heteroatoms. The standard InChI is InChI=1S/C25H21NO5/c1-15-6-5-8-18(12-15)24(28)26-16(2)25(29)30-14-19-13-22(27)31-21-11-10-17-7-3-4-9-20(17)23(19)21/h3-13,16H,14H2,1-2H3,(H,26,28)/t16-/m0/s1. The zero-order chi connectivity index (χ0) is 22.0. The molecule has 0 saturated heterocycles. The van der Waals surface area contributed by atoms with Gasteiger partial charge in [0.05, 0.1) is 0 Å². The number of nitrogens with one attached hydrogen (secondary N) is 1. The molecule has 1 amide bonds. The summed E-state index contributed by atoms with van der Waals surface area (Å²) in [5.74, 6) is -0.951. The van der Waals surface area contributed by atoms with Crippen molar-refractivity contribution in [3.8, 4) is 0 Å². The van der Waals surface area contributed by atoms with Crippen LogP contribution >= 0.6 is 0 Å². The normalized spacial score (nSPS) is 11.9. The summed E-state index contributed by atoms with van der Waals surface area (Å²) in [5.41, 5.74) is 1.88. The molecular formula is C25H21NO5. The van der Waals surface area contributed by atoms with Crippen molar-refractivity contribution < 1.29 is 18.7 Å². The molecule has 156 valence electrons. The molecule has 1 N–H and O–H groups in total. The van der Waals surface area contributed by atoms with E-state index >= 15 is 0 Å². The molecule has 0 bridgehead atoms. The van der Waals surface area contributed by atoms with E-state index < -0.39 is 17.6 Å². The van der Waals surface area contributed by atoms with Gasteiger partial charge in [-0.05, 0) is 42.8 Å². The minimum atomic E-state index is -0.851. The van der Waals surface area contributed by atoms with Crippen LogP contribution < -0.4 is 10.9 Å². The fourth-order valence-corrected chi connectivity index (χ4v) is 3.53. The average Bonchev–Trinajstić information content (AvgIpc) is 2.76. The van der Waals surface area contributed by atoms with Gasteiger partial charge in [0.2, 0.25) is 0 Å². The van der Waals surface area contributed by atoms with Gasteiger partial charge in [0.25, 0.3) is 5.91 Å². The van der Waals surface area contributed by atoms with E-state index in [1.807, 2.05) is 43.3 Å². The lowest BCUT2D eigenvalue weighted by Crippen LogP contribution is -2.39. The van der Waals surface area contributed by atoms with Gasteiger partial charge in [-0.25, -0.2) is 9.59 Å². The molecule has 0 unspecified atom stereocenters. The lowest BCUT2D eigenvalue weighted by Gasteiger charge is -2.14.